The van der Waals surface area contributed by atoms with Crippen molar-refractivity contribution in [1.29, 1.82) is 0 Å². The zero-order chi connectivity index (χ0) is 16.7. The van der Waals surface area contributed by atoms with Crippen molar-refractivity contribution in [1.82, 2.24) is 5.32 Å². The van der Waals surface area contributed by atoms with E-state index in [-0.39, 0.29) is 23.0 Å². The molecule has 2 atom stereocenters. The first-order valence-corrected chi connectivity index (χ1v) is 8.24. The number of carboxylic acids is 1. The predicted molar refractivity (Wildman–Crippen MR) is 89.3 cm³/mol. The molecule has 1 aliphatic heterocycles. The molecule has 3 rings (SSSR count). The van der Waals surface area contributed by atoms with Gasteiger partial charge in [0.25, 0.3) is 0 Å². The minimum atomic E-state index is -1.29. The molecule has 7 heteroatoms. The highest BCUT2D eigenvalue weighted by Crippen LogP contribution is 2.28. The molecule has 2 aromatic rings. The fourth-order valence-electron chi connectivity index (χ4n) is 3.05. The Morgan fingerprint density at radius 3 is 2.61 bits per heavy atom. The van der Waals surface area contributed by atoms with Crippen LogP contribution in [0.4, 0.5) is 10.1 Å². The van der Waals surface area contributed by atoms with Crippen LogP contribution in [-0.2, 0) is 0 Å². The summed E-state index contributed by atoms with van der Waals surface area (Å²) >= 11 is 1.14. The first-order valence-electron chi connectivity index (χ1n) is 7.36. The van der Waals surface area contributed by atoms with Gasteiger partial charge in [0.05, 0.1) is 5.69 Å². The second-order valence-corrected chi connectivity index (χ2v) is 6.87. The predicted octanol–water partition coefficient (Wildman–Crippen LogP) is 2.29. The maximum atomic E-state index is 14.5. The summed E-state index contributed by atoms with van der Waals surface area (Å²) in [5, 5.41) is 13.8. The number of piperazine rings is 1. The second-order valence-electron chi connectivity index (χ2n) is 5.96. The summed E-state index contributed by atoms with van der Waals surface area (Å²) in [4.78, 5) is 25.1. The van der Waals surface area contributed by atoms with Crippen LogP contribution in [0.1, 0.15) is 24.2 Å². The third-order valence-corrected chi connectivity index (χ3v) is 4.92. The van der Waals surface area contributed by atoms with Gasteiger partial charge in [-0.25, -0.2) is 9.18 Å². The number of benzene rings is 1. The van der Waals surface area contributed by atoms with E-state index in [2.05, 4.69) is 5.32 Å². The van der Waals surface area contributed by atoms with E-state index in [1.807, 2.05) is 18.7 Å². The second kappa shape index (κ2) is 5.90. The van der Waals surface area contributed by atoms with Crippen molar-refractivity contribution >= 4 is 33.1 Å². The Bertz CT molecular complexity index is 826. The number of nitrogens with zero attached hydrogens (tertiary/aromatic N) is 1. The lowest BCUT2D eigenvalue weighted by Crippen LogP contribution is -2.54. The van der Waals surface area contributed by atoms with Crippen molar-refractivity contribution in [3.05, 3.63) is 39.1 Å². The van der Waals surface area contributed by atoms with Gasteiger partial charge in [-0.05, 0) is 26.0 Å². The standard InChI is InChI=1S/C16H17FN2O3S/c1-8-5-19(6-9(2)18-8)13-4-14-10(3-12(13)17)15(20)11(7-23-14)16(21)22/h3-4,7-9,18H,5-6H2,1-2H3,(H,21,22). The van der Waals surface area contributed by atoms with E-state index in [9.17, 15) is 14.0 Å². The number of halogens is 1. The van der Waals surface area contributed by atoms with Crippen molar-refractivity contribution in [3.8, 4) is 0 Å². The molecular weight excluding hydrogens is 319 g/mol. The summed E-state index contributed by atoms with van der Waals surface area (Å²) in [6.07, 6.45) is 0. The Kier molecular flexibility index (Phi) is 4.08. The summed E-state index contributed by atoms with van der Waals surface area (Å²) in [7, 11) is 0. The van der Waals surface area contributed by atoms with Gasteiger partial charge in [-0.15, -0.1) is 11.3 Å². The van der Waals surface area contributed by atoms with Gasteiger partial charge in [0.15, 0.2) is 0 Å². The van der Waals surface area contributed by atoms with E-state index < -0.39 is 17.2 Å². The van der Waals surface area contributed by atoms with Crippen LogP contribution in [0.5, 0.6) is 0 Å². The first kappa shape index (κ1) is 15.9. The molecule has 0 radical (unpaired) electrons. The highest BCUT2D eigenvalue weighted by molar-refractivity contribution is 7.16. The SMILES string of the molecule is CC1CN(c2cc3scc(C(=O)O)c(=O)c3cc2F)CC(C)N1. The summed E-state index contributed by atoms with van der Waals surface area (Å²) in [6, 6.07) is 3.28. The molecule has 23 heavy (non-hydrogen) atoms. The van der Waals surface area contributed by atoms with Gasteiger partial charge in [0, 0.05) is 40.6 Å². The van der Waals surface area contributed by atoms with E-state index >= 15 is 0 Å². The number of anilines is 1. The first-order chi connectivity index (χ1) is 10.9. The Morgan fingerprint density at radius 2 is 2.00 bits per heavy atom. The van der Waals surface area contributed by atoms with E-state index in [0.29, 0.717) is 23.5 Å². The van der Waals surface area contributed by atoms with E-state index in [1.165, 1.54) is 5.38 Å². The summed E-state index contributed by atoms with van der Waals surface area (Å²) in [5.74, 6) is -1.78. The van der Waals surface area contributed by atoms with Crippen LogP contribution in [0.3, 0.4) is 0 Å². The fourth-order valence-corrected chi connectivity index (χ4v) is 3.96. The number of fused-ring (bicyclic) bond motifs is 1. The van der Waals surface area contributed by atoms with Crippen molar-refractivity contribution in [2.75, 3.05) is 18.0 Å². The van der Waals surface area contributed by atoms with Crippen LogP contribution in [-0.4, -0.2) is 36.2 Å². The number of hydrogen-bond donors (Lipinski definition) is 2. The van der Waals surface area contributed by atoms with Gasteiger partial charge in [-0.1, -0.05) is 0 Å². The number of carboxylic acid groups (broad SMARTS) is 1. The molecule has 0 spiro atoms. The average Bonchev–Trinajstić information content (AvgIpc) is 2.46. The third kappa shape index (κ3) is 2.94. The fraction of sp³-hybridized carbons (Fsp3) is 0.375. The molecule has 1 aromatic carbocycles. The van der Waals surface area contributed by atoms with Crippen molar-refractivity contribution in [2.24, 2.45) is 0 Å². The molecule has 2 unspecified atom stereocenters. The van der Waals surface area contributed by atoms with Crippen molar-refractivity contribution in [3.63, 3.8) is 0 Å². The number of hydrogen-bond acceptors (Lipinski definition) is 5. The maximum absolute atomic E-state index is 14.5. The molecule has 122 valence electrons. The van der Waals surface area contributed by atoms with Crippen LogP contribution < -0.4 is 15.6 Å². The Morgan fingerprint density at radius 1 is 1.35 bits per heavy atom. The molecule has 2 heterocycles. The summed E-state index contributed by atoms with van der Waals surface area (Å²) in [6.45, 7) is 5.43. The molecule has 0 bridgehead atoms. The largest absolute Gasteiger partial charge is 0.478 e. The molecule has 1 aromatic heterocycles. The molecule has 1 aliphatic rings. The number of carbonyl (C=O) groups is 1. The Hall–Kier alpha value is -1.99. The van der Waals surface area contributed by atoms with Crippen molar-refractivity contribution in [2.45, 2.75) is 25.9 Å². The number of aromatic carboxylic acids is 1. The Labute approximate surface area is 136 Å². The van der Waals surface area contributed by atoms with Gasteiger partial charge in [0.1, 0.15) is 11.4 Å². The van der Waals surface area contributed by atoms with E-state index in [0.717, 1.165) is 17.4 Å². The zero-order valence-corrected chi connectivity index (χ0v) is 13.6. The molecular formula is C16H17FN2O3S. The van der Waals surface area contributed by atoms with Crippen molar-refractivity contribution < 1.29 is 14.3 Å². The summed E-state index contributed by atoms with van der Waals surface area (Å²) in [5.41, 5.74) is -0.505. The van der Waals surface area contributed by atoms with Crippen LogP contribution in [0.2, 0.25) is 0 Å². The third-order valence-electron chi connectivity index (χ3n) is 3.97. The van der Waals surface area contributed by atoms with Gasteiger partial charge < -0.3 is 15.3 Å². The number of rotatable bonds is 2. The molecule has 0 amide bonds. The van der Waals surface area contributed by atoms with E-state index in [4.69, 9.17) is 5.11 Å². The summed E-state index contributed by atoms with van der Waals surface area (Å²) < 4.78 is 15.1. The lowest BCUT2D eigenvalue weighted by molar-refractivity contribution is 0.0696. The lowest BCUT2D eigenvalue weighted by Gasteiger charge is -2.37. The topological polar surface area (TPSA) is 69.6 Å². The van der Waals surface area contributed by atoms with Crippen LogP contribution in [0, 0.1) is 5.82 Å². The Balaban J connectivity index is 2.10. The molecule has 5 nitrogen and oxygen atoms in total. The number of nitrogens with one attached hydrogen (secondary N) is 1. The molecule has 0 aliphatic carbocycles. The maximum Gasteiger partial charge on any atom is 0.340 e. The van der Waals surface area contributed by atoms with Crippen LogP contribution >= 0.6 is 11.3 Å². The highest BCUT2D eigenvalue weighted by Gasteiger charge is 2.24. The molecule has 1 saturated heterocycles. The van der Waals surface area contributed by atoms with Crippen LogP contribution in [0.25, 0.3) is 10.1 Å². The van der Waals surface area contributed by atoms with E-state index in [1.54, 1.807) is 6.07 Å². The molecule has 0 saturated carbocycles. The monoisotopic (exact) mass is 336 g/mol. The highest BCUT2D eigenvalue weighted by atomic mass is 32.1. The van der Waals surface area contributed by atoms with Crippen LogP contribution in [0.15, 0.2) is 22.3 Å². The van der Waals surface area contributed by atoms with Gasteiger partial charge >= 0.3 is 5.97 Å². The minimum absolute atomic E-state index is 0.118. The minimum Gasteiger partial charge on any atom is -0.478 e. The zero-order valence-electron chi connectivity index (χ0n) is 12.8. The molecule has 2 N–H and O–H groups in total. The average molecular weight is 336 g/mol. The van der Waals surface area contributed by atoms with Gasteiger partial charge in [-0.2, -0.15) is 0 Å². The van der Waals surface area contributed by atoms with Gasteiger partial charge in [0.2, 0.25) is 5.43 Å². The smallest absolute Gasteiger partial charge is 0.340 e. The quantitative estimate of drug-likeness (QED) is 0.880. The molecule has 1 fully saturated rings. The normalized spacial score (nSPS) is 21.6. The van der Waals surface area contributed by atoms with Gasteiger partial charge in [-0.3, -0.25) is 4.79 Å². The lowest BCUT2D eigenvalue weighted by atomic mass is 10.1.